The van der Waals surface area contributed by atoms with Crippen LogP contribution in [-0.4, -0.2) is 48.9 Å². The molecule has 0 radical (unpaired) electrons. The lowest BCUT2D eigenvalue weighted by Crippen LogP contribution is -2.55. The van der Waals surface area contributed by atoms with E-state index in [0.717, 1.165) is 18.7 Å². The van der Waals surface area contributed by atoms with Crippen LogP contribution >= 0.6 is 11.3 Å². The predicted molar refractivity (Wildman–Crippen MR) is 126 cm³/mol. The van der Waals surface area contributed by atoms with Crippen molar-refractivity contribution in [3.63, 3.8) is 0 Å². The fourth-order valence-corrected chi connectivity index (χ4v) is 4.62. The standard InChI is InChI=1S/C25H27N3O2S/c1-19-8-5-6-11-22(19)27-13-15-28(16-14-27)25(30)21(18-20-9-3-2-4-10-20)26-24(29)23-12-7-17-31-23/h2-12,17,21H,13-16,18H2,1H3,(H,26,29). The zero-order valence-corrected chi connectivity index (χ0v) is 18.5. The molecule has 2 heterocycles. The van der Waals surface area contributed by atoms with E-state index in [1.54, 1.807) is 6.07 Å². The van der Waals surface area contributed by atoms with Crippen molar-refractivity contribution in [3.8, 4) is 0 Å². The van der Waals surface area contributed by atoms with Crippen LogP contribution in [0.1, 0.15) is 20.8 Å². The largest absolute Gasteiger partial charge is 0.368 e. The Labute approximate surface area is 187 Å². The van der Waals surface area contributed by atoms with E-state index in [0.29, 0.717) is 24.4 Å². The Kier molecular flexibility index (Phi) is 6.67. The molecule has 1 fully saturated rings. The van der Waals surface area contributed by atoms with Crippen molar-refractivity contribution in [1.82, 2.24) is 10.2 Å². The number of nitrogens with zero attached hydrogens (tertiary/aromatic N) is 2. The molecular formula is C25H27N3O2S. The smallest absolute Gasteiger partial charge is 0.262 e. The Balaban J connectivity index is 1.45. The van der Waals surface area contributed by atoms with Crippen LogP contribution in [-0.2, 0) is 11.2 Å². The van der Waals surface area contributed by atoms with E-state index in [4.69, 9.17) is 0 Å². The summed E-state index contributed by atoms with van der Waals surface area (Å²) < 4.78 is 0. The summed E-state index contributed by atoms with van der Waals surface area (Å²) in [6.07, 6.45) is 0.481. The van der Waals surface area contributed by atoms with Gasteiger partial charge in [0.2, 0.25) is 5.91 Å². The first kappa shape index (κ1) is 21.1. The summed E-state index contributed by atoms with van der Waals surface area (Å²) in [6.45, 7) is 4.98. The Morgan fingerprint density at radius 3 is 2.32 bits per heavy atom. The Bertz CT molecular complexity index is 1010. The SMILES string of the molecule is Cc1ccccc1N1CCN(C(=O)C(Cc2ccccc2)NC(=O)c2cccs2)CC1. The van der Waals surface area contributed by atoms with Gasteiger partial charge in [0.15, 0.2) is 0 Å². The molecular weight excluding hydrogens is 406 g/mol. The van der Waals surface area contributed by atoms with Gasteiger partial charge in [-0.05, 0) is 35.6 Å². The van der Waals surface area contributed by atoms with Gasteiger partial charge in [-0.15, -0.1) is 11.3 Å². The van der Waals surface area contributed by atoms with E-state index in [9.17, 15) is 9.59 Å². The number of thiophene rings is 1. The molecule has 0 bridgehead atoms. The van der Waals surface area contributed by atoms with Gasteiger partial charge in [-0.1, -0.05) is 54.6 Å². The molecule has 6 heteroatoms. The van der Waals surface area contributed by atoms with Gasteiger partial charge in [-0.2, -0.15) is 0 Å². The highest BCUT2D eigenvalue weighted by Gasteiger charge is 2.29. The van der Waals surface area contributed by atoms with Gasteiger partial charge in [0.25, 0.3) is 5.91 Å². The number of carbonyl (C=O) groups excluding carboxylic acids is 2. The van der Waals surface area contributed by atoms with E-state index in [-0.39, 0.29) is 11.8 Å². The number of para-hydroxylation sites is 1. The van der Waals surface area contributed by atoms with Crippen molar-refractivity contribution in [2.75, 3.05) is 31.1 Å². The Morgan fingerprint density at radius 1 is 0.935 bits per heavy atom. The molecule has 1 aromatic heterocycles. The topological polar surface area (TPSA) is 52.6 Å². The number of hydrogen-bond donors (Lipinski definition) is 1. The summed E-state index contributed by atoms with van der Waals surface area (Å²) in [7, 11) is 0. The van der Waals surface area contributed by atoms with Crippen molar-refractivity contribution in [2.45, 2.75) is 19.4 Å². The molecule has 2 aromatic carbocycles. The molecule has 1 saturated heterocycles. The number of aryl methyl sites for hydroxylation is 1. The van der Waals surface area contributed by atoms with Crippen LogP contribution in [0.3, 0.4) is 0 Å². The monoisotopic (exact) mass is 433 g/mol. The maximum absolute atomic E-state index is 13.4. The van der Waals surface area contributed by atoms with Gasteiger partial charge in [-0.3, -0.25) is 9.59 Å². The lowest BCUT2D eigenvalue weighted by atomic mass is 10.0. The Hall–Kier alpha value is -3.12. The van der Waals surface area contributed by atoms with E-state index < -0.39 is 6.04 Å². The van der Waals surface area contributed by atoms with Gasteiger partial charge >= 0.3 is 0 Å². The van der Waals surface area contributed by atoms with Crippen molar-refractivity contribution in [3.05, 3.63) is 88.1 Å². The van der Waals surface area contributed by atoms with Crippen LogP contribution in [0.15, 0.2) is 72.1 Å². The highest BCUT2D eigenvalue weighted by molar-refractivity contribution is 7.12. The maximum Gasteiger partial charge on any atom is 0.262 e. The minimum atomic E-state index is -0.581. The molecule has 1 unspecified atom stereocenters. The van der Waals surface area contributed by atoms with E-state index in [1.807, 2.05) is 52.7 Å². The Morgan fingerprint density at radius 2 is 1.65 bits per heavy atom. The molecule has 1 atom stereocenters. The van der Waals surface area contributed by atoms with Crippen LogP contribution in [0.25, 0.3) is 0 Å². The first-order chi connectivity index (χ1) is 15.1. The molecule has 2 amide bonds. The summed E-state index contributed by atoms with van der Waals surface area (Å²) >= 11 is 1.38. The molecule has 3 aromatic rings. The molecule has 0 saturated carbocycles. The quantitative estimate of drug-likeness (QED) is 0.644. The predicted octanol–water partition coefficient (Wildman–Crippen LogP) is 3.75. The molecule has 1 aliphatic heterocycles. The number of anilines is 1. The number of hydrogen-bond acceptors (Lipinski definition) is 4. The normalized spacial score (nSPS) is 14.9. The highest BCUT2D eigenvalue weighted by atomic mass is 32.1. The average molecular weight is 434 g/mol. The lowest BCUT2D eigenvalue weighted by Gasteiger charge is -2.38. The summed E-state index contributed by atoms with van der Waals surface area (Å²) in [5.74, 6) is -0.207. The summed E-state index contributed by atoms with van der Waals surface area (Å²) in [5.41, 5.74) is 3.50. The average Bonchev–Trinajstić information content (AvgIpc) is 3.35. The van der Waals surface area contributed by atoms with E-state index in [2.05, 4.69) is 35.3 Å². The molecule has 4 rings (SSSR count). The number of piperazine rings is 1. The molecule has 1 aliphatic rings. The van der Waals surface area contributed by atoms with Crippen LogP contribution in [0.4, 0.5) is 5.69 Å². The zero-order valence-electron chi connectivity index (χ0n) is 17.7. The van der Waals surface area contributed by atoms with Gasteiger partial charge in [0.05, 0.1) is 4.88 Å². The van der Waals surface area contributed by atoms with Gasteiger partial charge in [-0.25, -0.2) is 0 Å². The fourth-order valence-electron chi connectivity index (χ4n) is 3.99. The minimum Gasteiger partial charge on any atom is -0.368 e. The van der Waals surface area contributed by atoms with Crippen molar-refractivity contribution in [2.24, 2.45) is 0 Å². The van der Waals surface area contributed by atoms with Crippen LogP contribution in [0.5, 0.6) is 0 Å². The number of benzene rings is 2. The summed E-state index contributed by atoms with van der Waals surface area (Å²) in [4.78, 5) is 30.9. The second-order valence-corrected chi connectivity index (χ2v) is 8.74. The third-order valence-corrected chi connectivity index (χ3v) is 6.55. The zero-order chi connectivity index (χ0) is 21.6. The number of nitrogens with one attached hydrogen (secondary N) is 1. The second-order valence-electron chi connectivity index (χ2n) is 7.79. The number of rotatable bonds is 6. The first-order valence-corrected chi connectivity index (χ1v) is 11.5. The first-order valence-electron chi connectivity index (χ1n) is 10.6. The molecule has 31 heavy (non-hydrogen) atoms. The summed E-state index contributed by atoms with van der Waals surface area (Å²) in [6, 6.07) is 21.2. The van der Waals surface area contributed by atoms with Gasteiger partial charge < -0.3 is 15.1 Å². The highest BCUT2D eigenvalue weighted by Crippen LogP contribution is 2.21. The lowest BCUT2D eigenvalue weighted by molar-refractivity contribution is -0.133. The van der Waals surface area contributed by atoms with Crippen LogP contribution < -0.4 is 10.2 Å². The van der Waals surface area contributed by atoms with Crippen molar-refractivity contribution >= 4 is 28.8 Å². The fraction of sp³-hybridized carbons (Fsp3) is 0.280. The van der Waals surface area contributed by atoms with Crippen LogP contribution in [0, 0.1) is 6.92 Å². The number of amides is 2. The van der Waals surface area contributed by atoms with E-state index in [1.165, 1.54) is 22.6 Å². The maximum atomic E-state index is 13.4. The van der Waals surface area contributed by atoms with Crippen molar-refractivity contribution in [1.29, 1.82) is 0 Å². The van der Waals surface area contributed by atoms with Crippen molar-refractivity contribution < 1.29 is 9.59 Å². The molecule has 160 valence electrons. The van der Waals surface area contributed by atoms with Gasteiger partial charge in [0, 0.05) is 38.3 Å². The van der Waals surface area contributed by atoms with Crippen LogP contribution in [0.2, 0.25) is 0 Å². The number of carbonyl (C=O) groups is 2. The molecule has 5 nitrogen and oxygen atoms in total. The third kappa shape index (κ3) is 5.14. The second kappa shape index (κ2) is 9.79. The molecule has 1 N–H and O–H groups in total. The minimum absolute atomic E-state index is 0.0156. The van der Waals surface area contributed by atoms with Gasteiger partial charge in [0.1, 0.15) is 6.04 Å². The molecule has 0 spiro atoms. The van der Waals surface area contributed by atoms with E-state index >= 15 is 0 Å². The molecule has 0 aliphatic carbocycles. The summed E-state index contributed by atoms with van der Waals surface area (Å²) in [5, 5.41) is 4.85. The third-order valence-electron chi connectivity index (χ3n) is 5.68.